The zero-order valence-corrected chi connectivity index (χ0v) is 8.86. The van der Waals surface area contributed by atoms with Gasteiger partial charge in [0.2, 0.25) is 0 Å². The van der Waals surface area contributed by atoms with Crippen molar-refractivity contribution in [2.24, 2.45) is 0 Å². The van der Waals surface area contributed by atoms with Crippen molar-refractivity contribution in [2.45, 2.75) is 13.0 Å². The van der Waals surface area contributed by atoms with Crippen molar-refractivity contribution < 1.29 is 0 Å². The molecule has 0 bridgehead atoms. The van der Waals surface area contributed by atoms with Gasteiger partial charge in [-0.3, -0.25) is 0 Å². The minimum Gasteiger partial charge on any atom is -0.382 e. The third kappa shape index (κ3) is 3.57. The van der Waals surface area contributed by atoms with Gasteiger partial charge < -0.3 is 16.0 Å². The molecule has 0 aromatic carbocycles. The van der Waals surface area contributed by atoms with E-state index in [1.54, 1.807) is 6.07 Å². The summed E-state index contributed by atoms with van der Waals surface area (Å²) in [5.74, 6) is 1.20. The van der Waals surface area contributed by atoms with Crippen LogP contribution >= 0.6 is 0 Å². The predicted molar refractivity (Wildman–Crippen MR) is 58.1 cm³/mol. The maximum atomic E-state index is 5.43. The van der Waals surface area contributed by atoms with Gasteiger partial charge in [-0.05, 0) is 33.2 Å². The van der Waals surface area contributed by atoms with Crippen molar-refractivity contribution in [3.05, 3.63) is 12.1 Å². The van der Waals surface area contributed by atoms with Gasteiger partial charge in [-0.25, -0.2) is 0 Å². The average molecular weight is 195 g/mol. The lowest BCUT2D eigenvalue weighted by Gasteiger charge is -2.18. The van der Waals surface area contributed by atoms with E-state index in [0.717, 1.165) is 12.4 Å². The summed E-state index contributed by atoms with van der Waals surface area (Å²) in [6, 6.07) is 3.90. The molecule has 0 amide bonds. The van der Waals surface area contributed by atoms with Gasteiger partial charge in [0.1, 0.15) is 11.6 Å². The second-order valence-corrected chi connectivity index (χ2v) is 3.65. The Morgan fingerprint density at radius 2 is 2.14 bits per heavy atom. The summed E-state index contributed by atoms with van der Waals surface area (Å²) >= 11 is 0. The van der Waals surface area contributed by atoms with Gasteiger partial charge in [0.05, 0.1) is 0 Å². The van der Waals surface area contributed by atoms with Crippen LogP contribution < -0.4 is 11.1 Å². The summed E-state index contributed by atoms with van der Waals surface area (Å²) in [4.78, 5) is 2.11. The Morgan fingerprint density at radius 3 is 2.64 bits per heavy atom. The smallest absolute Gasteiger partial charge is 0.149 e. The van der Waals surface area contributed by atoms with Crippen molar-refractivity contribution in [1.29, 1.82) is 0 Å². The molecule has 1 unspecified atom stereocenters. The van der Waals surface area contributed by atoms with Crippen LogP contribution in [0.15, 0.2) is 12.1 Å². The second-order valence-electron chi connectivity index (χ2n) is 3.65. The molecule has 0 aliphatic rings. The van der Waals surface area contributed by atoms with E-state index in [9.17, 15) is 0 Å². The zero-order valence-electron chi connectivity index (χ0n) is 8.86. The SMILES string of the molecule is CC(CN(C)C)Nc1ccc(N)nn1. The van der Waals surface area contributed by atoms with Crippen LogP contribution in [-0.4, -0.2) is 41.8 Å². The lowest BCUT2D eigenvalue weighted by atomic mass is 10.3. The molecule has 0 radical (unpaired) electrons. The predicted octanol–water partition coefficient (Wildman–Crippen LogP) is 0.421. The number of nitrogen functional groups attached to an aromatic ring is 1. The van der Waals surface area contributed by atoms with E-state index in [2.05, 4.69) is 27.3 Å². The Labute approximate surface area is 84.3 Å². The topological polar surface area (TPSA) is 67.1 Å². The van der Waals surface area contributed by atoms with Crippen molar-refractivity contribution in [3.8, 4) is 0 Å². The molecule has 1 rings (SSSR count). The monoisotopic (exact) mass is 195 g/mol. The number of hydrogen-bond acceptors (Lipinski definition) is 5. The standard InChI is InChI=1S/C9H17N5/c1-7(6-14(2)3)11-9-5-4-8(10)12-13-9/h4-5,7H,6H2,1-3H3,(H2,10,12)(H,11,13). The first-order valence-electron chi connectivity index (χ1n) is 4.58. The molecule has 1 atom stereocenters. The fourth-order valence-electron chi connectivity index (χ4n) is 1.27. The molecule has 0 fully saturated rings. The number of nitrogens with zero attached hydrogens (tertiary/aromatic N) is 3. The summed E-state index contributed by atoms with van der Waals surface area (Å²) in [6.07, 6.45) is 0. The molecule has 1 heterocycles. The molecule has 1 aromatic heterocycles. The van der Waals surface area contributed by atoms with E-state index in [1.165, 1.54) is 0 Å². The summed E-state index contributed by atoms with van der Waals surface area (Å²) < 4.78 is 0. The summed E-state index contributed by atoms with van der Waals surface area (Å²) in [7, 11) is 4.07. The quantitative estimate of drug-likeness (QED) is 0.729. The first-order chi connectivity index (χ1) is 6.58. The van der Waals surface area contributed by atoms with Gasteiger partial charge >= 0.3 is 0 Å². The molecule has 5 nitrogen and oxygen atoms in total. The van der Waals surface area contributed by atoms with Crippen LogP contribution in [0.1, 0.15) is 6.92 Å². The Balaban J connectivity index is 2.47. The van der Waals surface area contributed by atoms with Crippen LogP contribution in [-0.2, 0) is 0 Å². The van der Waals surface area contributed by atoms with E-state index in [1.807, 2.05) is 20.2 Å². The second kappa shape index (κ2) is 4.76. The van der Waals surface area contributed by atoms with Crippen LogP contribution in [0.25, 0.3) is 0 Å². The highest BCUT2D eigenvalue weighted by molar-refractivity contribution is 5.38. The van der Waals surface area contributed by atoms with Crippen LogP contribution in [0.2, 0.25) is 0 Å². The molecular formula is C9H17N5. The molecule has 3 N–H and O–H groups in total. The molecule has 5 heteroatoms. The van der Waals surface area contributed by atoms with Gasteiger partial charge in [0, 0.05) is 12.6 Å². The first-order valence-corrected chi connectivity index (χ1v) is 4.58. The molecule has 1 aromatic rings. The largest absolute Gasteiger partial charge is 0.382 e. The zero-order chi connectivity index (χ0) is 10.6. The Kier molecular flexibility index (Phi) is 3.64. The molecule has 14 heavy (non-hydrogen) atoms. The minimum absolute atomic E-state index is 0.336. The van der Waals surface area contributed by atoms with E-state index < -0.39 is 0 Å². The highest BCUT2D eigenvalue weighted by Crippen LogP contribution is 2.04. The van der Waals surface area contributed by atoms with Crippen molar-refractivity contribution >= 4 is 11.6 Å². The van der Waals surface area contributed by atoms with E-state index >= 15 is 0 Å². The maximum absolute atomic E-state index is 5.43. The van der Waals surface area contributed by atoms with Crippen LogP contribution in [0, 0.1) is 0 Å². The Bertz CT molecular complexity index is 269. The summed E-state index contributed by atoms with van der Waals surface area (Å²) in [5.41, 5.74) is 5.43. The van der Waals surface area contributed by atoms with Crippen molar-refractivity contribution in [1.82, 2.24) is 15.1 Å². The number of likely N-dealkylation sites (N-methyl/N-ethyl adjacent to an activating group) is 1. The number of rotatable bonds is 4. The van der Waals surface area contributed by atoms with Crippen LogP contribution in [0.5, 0.6) is 0 Å². The lowest BCUT2D eigenvalue weighted by Crippen LogP contribution is -2.30. The molecule has 0 aliphatic carbocycles. The number of aromatic nitrogens is 2. The molecule has 0 saturated heterocycles. The number of hydrogen-bond donors (Lipinski definition) is 2. The molecule has 0 spiro atoms. The van der Waals surface area contributed by atoms with Crippen molar-refractivity contribution in [2.75, 3.05) is 31.7 Å². The van der Waals surface area contributed by atoms with Gasteiger partial charge in [0.25, 0.3) is 0 Å². The van der Waals surface area contributed by atoms with E-state index in [-0.39, 0.29) is 0 Å². The third-order valence-electron chi connectivity index (χ3n) is 1.72. The lowest BCUT2D eigenvalue weighted by molar-refractivity contribution is 0.392. The van der Waals surface area contributed by atoms with E-state index in [4.69, 9.17) is 5.73 Å². The van der Waals surface area contributed by atoms with Gasteiger partial charge in [-0.15, -0.1) is 10.2 Å². The van der Waals surface area contributed by atoms with Gasteiger partial charge in [0.15, 0.2) is 0 Å². The van der Waals surface area contributed by atoms with Crippen LogP contribution in [0.3, 0.4) is 0 Å². The normalized spacial score (nSPS) is 12.9. The highest BCUT2D eigenvalue weighted by atomic mass is 15.2. The summed E-state index contributed by atoms with van der Waals surface area (Å²) in [5, 5.41) is 10.9. The molecule has 0 aliphatic heterocycles. The minimum atomic E-state index is 0.336. The van der Waals surface area contributed by atoms with Crippen molar-refractivity contribution in [3.63, 3.8) is 0 Å². The molecule has 78 valence electrons. The fourth-order valence-corrected chi connectivity index (χ4v) is 1.27. The Hall–Kier alpha value is -1.36. The molecular weight excluding hydrogens is 178 g/mol. The number of anilines is 2. The van der Waals surface area contributed by atoms with E-state index in [0.29, 0.717) is 11.9 Å². The highest BCUT2D eigenvalue weighted by Gasteiger charge is 2.03. The summed E-state index contributed by atoms with van der Waals surface area (Å²) in [6.45, 7) is 3.05. The van der Waals surface area contributed by atoms with Gasteiger partial charge in [-0.2, -0.15) is 0 Å². The average Bonchev–Trinajstić information content (AvgIpc) is 2.07. The number of nitrogens with two attached hydrogens (primary N) is 1. The first kappa shape index (κ1) is 10.7. The number of nitrogens with one attached hydrogen (secondary N) is 1. The molecule has 0 saturated carbocycles. The van der Waals surface area contributed by atoms with Crippen LogP contribution in [0.4, 0.5) is 11.6 Å². The fraction of sp³-hybridized carbons (Fsp3) is 0.556. The van der Waals surface area contributed by atoms with Gasteiger partial charge in [-0.1, -0.05) is 0 Å². The maximum Gasteiger partial charge on any atom is 0.149 e. The third-order valence-corrected chi connectivity index (χ3v) is 1.72. The Morgan fingerprint density at radius 1 is 1.43 bits per heavy atom.